The topological polar surface area (TPSA) is 41.1 Å². The van der Waals surface area contributed by atoms with Crippen LogP contribution in [0.5, 0.6) is 0 Å². The van der Waals surface area contributed by atoms with Crippen LogP contribution in [0.4, 0.5) is 4.39 Å². The number of carbonyl (C=O) groups is 1. The summed E-state index contributed by atoms with van der Waals surface area (Å²) in [5.74, 6) is -0.474. The van der Waals surface area contributed by atoms with Gasteiger partial charge in [-0.1, -0.05) is 17.7 Å². The van der Waals surface area contributed by atoms with Crippen LogP contribution in [0.25, 0.3) is 0 Å². The van der Waals surface area contributed by atoms with Crippen LogP contribution >= 0.6 is 11.6 Å². The smallest absolute Gasteiger partial charge is 0.235 e. The van der Waals surface area contributed by atoms with Crippen molar-refractivity contribution in [3.63, 3.8) is 0 Å². The van der Waals surface area contributed by atoms with Gasteiger partial charge in [-0.25, -0.2) is 4.39 Å². The maximum absolute atomic E-state index is 12.7. The van der Waals surface area contributed by atoms with Crippen molar-refractivity contribution < 1.29 is 9.18 Å². The Bertz CT molecular complexity index is 383. The number of hydrogen-bond acceptors (Lipinski definition) is 2. The second-order valence-electron chi connectivity index (χ2n) is 3.05. The molecule has 0 saturated carbocycles. The lowest BCUT2D eigenvalue weighted by Gasteiger charge is -2.12. The second-order valence-corrected chi connectivity index (χ2v) is 3.45. The van der Waals surface area contributed by atoms with Crippen LogP contribution in [0.1, 0.15) is 11.7 Å². The Morgan fingerprint density at radius 1 is 1.50 bits per heavy atom. The predicted octanol–water partition coefficient (Wildman–Crippen LogP) is 1.20. The third kappa shape index (κ3) is 1.71. The quantitative estimate of drug-likeness (QED) is 0.738. The molecule has 1 fully saturated rings. The molecule has 1 aromatic carbocycles. The standard InChI is InChI=1S/C9H8ClFN2O/c10-7-3-5(11)1-2-6(7)9-12-4-8(14)13-9/h1-3,9,12H,4H2,(H,13,14). The van der Waals surface area contributed by atoms with E-state index >= 15 is 0 Å². The van der Waals surface area contributed by atoms with E-state index in [-0.39, 0.29) is 24.4 Å². The molecule has 3 nitrogen and oxygen atoms in total. The lowest BCUT2D eigenvalue weighted by atomic mass is 10.2. The molecule has 0 radical (unpaired) electrons. The highest BCUT2D eigenvalue weighted by Gasteiger charge is 2.23. The Kier molecular flexibility index (Phi) is 2.39. The molecule has 1 amide bonds. The van der Waals surface area contributed by atoms with E-state index < -0.39 is 0 Å². The van der Waals surface area contributed by atoms with E-state index in [4.69, 9.17) is 11.6 Å². The number of carbonyl (C=O) groups excluding carboxylic acids is 1. The van der Waals surface area contributed by atoms with Crippen molar-refractivity contribution in [2.45, 2.75) is 6.17 Å². The molecule has 5 heteroatoms. The minimum Gasteiger partial charge on any atom is -0.336 e. The molecular weight excluding hydrogens is 207 g/mol. The molecular formula is C9H8ClFN2O. The number of halogens is 2. The zero-order valence-electron chi connectivity index (χ0n) is 7.18. The molecule has 1 aliphatic heterocycles. The Morgan fingerprint density at radius 3 is 2.86 bits per heavy atom. The highest BCUT2D eigenvalue weighted by molar-refractivity contribution is 6.31. The lowest BCUT2D eigenvalue weighted by molar-refractivity contribution is -0.118. The summed E-state index contributed by atoms with van der Waals surface area (Å²) in [5.41, 5.74) is 0.680. The van der Waals surface area contributed by atoms with E-state index in [2.05, 4.69) is 10.6 Å². The number of rotatable bonds is 1. The van der Waals surface area contributed by atoms with Crippen molar-refractivity contribution in [1.82, 2.24) is 10.6 Å². The first kappa shape index (κ1) is 9.43. The van der Waals surface area contributed by atoms with E-state index in [1.165, 1.54) is 12.1 Å². The third-order valence-corrected chi connectivity index (χ3v) is 2.37. The SMILES string of the molecule is O=C1CNC(c2ccc(F)cc2Cl)N1. The van der Waals surface area contributed by atoms with Crippen molar-refractivity contribution in [3.05, 3.63) is 34.6 Å². The van der Waals surface area contributed by atoms with Gasteiger partial charge in [0, 0.05) is 5.56 Å². The Hall–Kier alpha value is -1.13. The first-order valence-electron chi connectivity index (χ1n) is 4.14. The van der Waals surface area contributed by atoms with E-state index in [1.54, 1.807) is 6.07 Å². The molecule has 1 aliphatic rings. The largest absolute Gasteiger partial charge is 0.336 e. The monoisotopic (exact) mass is 214 g/mol. The highest BCUT2D eigenvalue weighted by Crippen LogP contribution is 2.23. The van der Waals surface area contributed by atoms with Gasteiger partial charge in [-0.3, -0.25) is 10.1 Å². The van der Waals surface area contributed by atoms with Crippen LogP contribution < -0.4 is 10.6 Å². The van der Waals surface area contributed by atoms with Gasteiger partial charge in [0.1, 0.15) is 12.0 Å². The van der Waals surface area contributed by atoms with Gasteiger partial charge in [0.05, 0.1) is 11.6 Å². The van der Waals surface area contributed by atoms with Gasteiger partial charge in [0.15, 0.2) is 0 Å². The normalized spacial score (nSPS) is 21.0. The lowest BCUT2D eigenvalue weighted by Crippen LogP contribution is -2.23. The molecule has 1 saturated heterocycles. The molecule has 0 aliphatic carbocycles. The number of amides is 1. The van der Waals surface area contributed by atoms with Gasteiger partial charge >= 0.3 is 0 Å². The van der Waals surface area contributed by atoms with Crippen LogP contribution in [-0.4, -0.2) is 12.5 Å². The van der Waals surface area contributed by atoms with Gasteiger partial charge < -0.3 is 5.32 Å². The van der Waals surface area contributed by atoms with Crippen LogP contribution in [0.15, 0.2) is 18.2 Å². The van der Waals surface area contributed by atoms with Gasteiger partial charge in [-0.15, -0.1) is 0 Å². The molecule has 74 valence electrons. The van der Waals surface area contributed by atoms with Gasteiger partial charge in [0.25, 0.3) is 0 Å². The van der Waals surface area contributed by atoms with Gasteiger partial charge in [-0.2, -0.15) is 0 Å². The number of nitrogens with one attached hydrogen (secondary N) is 2. The number of hydrogen-bond donors (Lipinski definition) is 2. The molecule has 2 rings (SSSR count). The molecule has 1 heterocycles. The maximum Gasteiger partial charge on any atom is 0.235 e. The minimum atomic E-state index is -0.386. The van der Waals surface area contributed by atoms with Crippen molar-refractivity contribution >= 4 is 17.5 Å². The summed E-state index contributed by atoms with van der Waals surface area (Å²) in [6.45, 7) is 0.262. The summed E-state index contributed by atoms with van der Waals surface area (Å²) in [5, 5.41) is 5.90. The molecule has 0 spiro atoms. The van der Waals surface area contributed by atoms with Crippen LogP contribution in [0.3, 0.4) is 0 Å². The Labute approximate surface area is 85.3 Å². The third-order valence-electron chi connectivity index (χ3n) is 2.05. The highest BCUT2D eigenvalue weighted by atomic mass is 35.5. The summed E-state index contributed by atoms with van der Waals surface area (Å²) < 4.78 is 12.7. The van der Waals surface area contributed by atoms with Crippen molar-refractivity contribution in [3.8, 4) is 0 Å². The fourth-order valence-electron chi connectivity index (χ4n) is 1.38. The minimum absolute atomic E-state index is 0.0876. The fraction of sp³-hybridized carbons (Fsp3) is 0.222. The van der Waals surface area contributed by atoms with Gasteiger partial charge in [-0.05, 0) is 12.1 Å². The first-order valence-corrected chi connectivity index (χ1v) is 4.52. The summed E-state index contributed by atoms with van der Waals surface area (Å²) in [7, 11) is 0. The molecule has 0 bridgehead atoms. The van der Waals surface area contributed by atoms with Crippen LogP contribution in [0, 0.1) is 5.82 Å². The van der Waals surface area contributed by atoms with E-state index in [1.807, 2.05) is 0 Å². The zero-order valence-corrected chi connectivity index (χ0v) is 7.94. The van der Waals surface area contributed by atoms with E-state index in [0.717, 1.165) is 0 Å². The van der Waals surface area contributed by atoms with Crippen LogP contribution in [-0.2, 0) is 4.79 Å². The summed E-state index contributed by atoms with van der Waals surface area (Å²) >= 11 is 5.83. The fourth-order valence-corrected chi connectivity index (χ4v) is 1.66. The van der Waals surface area contributed by atoms with E-state index in [0.29, 0.717) is 10.6 Å². The maximum atomic E-state index is 12.7. The second kappa shape index (κ2) is 3.55. The molecule has 14 heavy (non-hydrogen) atoms. The van der Waals surface area contributed by atoms with Gasteiger partial charge in [0.2, 0.25) is 5.91 Å². The summed E-state index contributed by atoms with van der Waals surface area (Å²) in [4.78, 5) is 10.9. The van der Waals surface area contributed by atoms with E-state index in [9.17, 15) is 9.18 Å². The molecule has 1 aromatic rings. The van der Waals surface area contributed by atoms with Crippen LogP contribution in [0.2, 0.25) is 5.02 Å². The Morgan fingerprint density at radius 2 is 2.29 bits per heavy atom. The van der Waals surface area contributed by atoms with Crippen molar-refractivity contribution in [1.29, 1.82) is 0 Å². The zero-order chi connectivity index (χ0) is 10.1. The first-order chi connectivity index (χ1) is 6.66. The van der Waals surface area contributed by atoms with Crippen molar-refractivity contribution in [2.24, 2.45) is 0 Å². The summed E-state index contributed by atoms with van der Waals surface area (Å²) in [6.07, 6.45) is -0.310. The average molecular weight is 215 g/mol. The molecule has 0 aromatic heterocycles. The molecule has 1 atom stereocenters. The van der Waals surface area contributed by atoms with Crippen molar-refractivity contribution in [2.75, 3.05) is 6.54 Å². The summed E-state index contributed by atoms with van der Waals surface area (Å²) in [6, 6.07) is 4.09. The Balaban J connectivity index is 2.28. The average Bonchev–Trinajstić information content (AvgIpc) is 2.51. The molecule has 2 N–H and O–H groups in total. The molecule has 1 unspecified atom stereocenters. The predicted molar refractivity (Wildman–Crippen MR) is 50.3 cm³/mol. The number of benzene rings is 1.